The molecule has 10 heteroatoms. The quantitative estimate of drug-likeness (QED) is 0.332. The van der Waals surface area contributed by atoms with E-state index >= 15 is 0 Å². The van der Waals surface area contributed by atoms with E-state index in [0.29, 0.717) is 16.3 Å². The van der Waals surface area contributed by atoms with Gasteiger partial charge < -0.3 is 15.0 Å². The zero-order valence-electron chi connectivity index (χ0n) is 24.6. The van der Waals surface area contributed by atoms with Crippen LogP contribution in [0.2, 0.25) is 5.02 Å². The molecule has 3 aromatic rings. The number of amides is 2. The highest BCUT2D eigenvalue weighted by Crippen LogP contribution is 2.30. The molecule has 1 atom stereocenters. The Balaban J connectivity index is 2.07. The zero-order chi connectivity index (χ0) is 30.5. The number of nitrogens with zero attached hydrogens (tertiary/aromatic N) is 2. The summed E-state index contributed by atoms with van der Waals surface area (Å²) in [5.41, 5.74) is 2.02. The van der Waals surface area contributed by atoms with Crippen LogP contribution in [0.15, 0.2) is 71.6 Å². The van der Waals surface area contributed by atoms with Crippen molar-refractivity contribution in [2.24, 2.45) is 0 Å². The highest BCUT2D eigenvalue weighted by Gasteiger charge is 2.34. The second kappa shape index (κ2) is 13.0. The number of carbonyl (C=O) groups excluding carboxylic acids is 2. The number of hydrogen-bond acceptors (Lipinski definition) is 5. The molecule has 0 aliphatic carbocycles. The lowest BCUT2D eigenvalue weighted by Crippen LogP contribution is -2.54. The molecule has 0 radical (unpaired) electrons. The summed E-state index contributed by atoms with van der Waals surface area (Å²) in [6.07, 6.45) is 0. The number of benzene rings is 3. The van der Waals surface area contributed by atoms with Crippen LogP contribution in [0.4, 0.5) is 5.69 Å². The van der Waals surface area contributed by atoms with Crippen molar-refractivity contribution in [1.29, 1.82) is 0 Å². The van der Waals surface area contributed by atoms with Crippen LogP contribution < -0.4 is 14.4 Å². The van der Waals surface area contributed by atoms with Gasteiger partial charge in [0.15, 0.2) is 0 Å². The molecular formula is C31H38ClN3O5S. The van der Waals surface area contributed by atoms with E-state index in [2.05, 4.69) is 5.32 Å². The first kappa shape index (κ1) is 32.0. The van der Waals surface area contributed by atoms with E-state index in [4.69, 9.17) is 16.3 Å². The number of sulfonamides is 1. The first-order valence-electron chi connectivity index (χ1n) is 13.2. The topological polar surface area (TPSA) is 96.0 Å². The molecule has 41 heavy (non-hydrogen) atoms. The fourth-order valence-electron chi connectivity index (χ4n) is 4.19. The van der Waals surface area contributed by atoms with Crippen molar-refractivity contribution in [3.8, 4) is 5.75 Å². The maximum absolute atomic E-state index is 14.1. The van der Waals surface area contributed by atoms with E-state index in [1.165, 1.54) is 23.1 Å². The van der Waals surface area contributed by atoms with E-state index in [-0.39, 0.29) is 23.0 Å². The Kier molecular flexibility index (Phi) is 10.1. The number of anilines is 1. The maximum atomic E-state index is 14.1. The zero-order valence-corrected chi connectivity index (χ0v) is 26.1. The summed E-state index contributed by atoms with van der Waals surface area (Å²) in [5, 5.41) is 3.25. The molecule has 0 saturated carbocycles. The van der Waals surface area contributed by atoms with E-state index in [1.54, 1.807) is 69.5 Å². The predicted molar refractivity (Wildman–Crippen MR) is 163 cm³/mol. The Hall–Kier alpha value is -3.56. The Morgan fingerprint density at radius 3 is 2.15 bits per heavy atom. The third-order valence-electron chi connectivity index (χ3n) is 6.51. The van der Waals surface area contributed by atoms with Gasteiger partial charge in [-0.05, 0) is 89.1 Å². The summed E-state index contributed by atoms with van der Waals surface area (Å²) in [6.45, 7) is 10.3. The first-order valence-corrected chi connectivity index (χ1v) is 15.0. The van der Waals surface area contributed by atoms with Crippen LogP contribution >= 0.6 is 11.6 Å². The Bertz CT molecular complexity index is 1480. The molecular weight excluding hydrogens is 562 g/mol. The molecule has 0 heterocycles. The monoisotopic (exact) mass is 599 g/mol. The van der Waals surface area contributed by atoms with Crippen LogP contribution in [0, 0.1) is 13.8 Å². The number of hydrogen-bond donors (Lipinski definition) is 1. The average molecular weight is 600 g/mol. The van der Waals surface area contributed by atoms with Crippen LogP contribution in [-0.2, 0) is 26.2 Å². The Morgan fingerprint density at radius 1 is 0.976 bits per heavy atom. The molecule has 0 spiro atoms. The van der Waals surface area contributed by atoms with Crippen molar-refractivity contribution in [3.63, 3.8) is 0 Å². The lowest BCUT2D eigenvalue weighted by Gasteiger charge is -2.34. The van der Waals surface area contributed by atoms with Crippen LogP contribution in [0.3, 0.4) is 0 Å². The van der Waals surface area contributed by atoms with Crippen molar-refractivity contribution in [1.82, 2.24) is 10.2 Å². The number of rotatable bonds is 10. The molecule has 0 saturated heterocycles. The van der Waals surface area contributed by atoms with Crippen molar-refractivity contribution in [2.45, 2.75) is 64.6 Å². The van der Waals surface area contributed by atoms with Gasteiger partial charge in [-0.3, -0.25) is 13.9 Å². The second-order valence-electron chi connectivity index (χ2n) is 11.0. The van der Waals surface area contributed by atoms with Gasteiger partial charge in [0, 0.05) is 17.1 Å². The molecule has 3 rings (SSSR count). The third kappa shape index (κ3) is 8.24. The Labute approximate surface area is 248 Å². The summed E-state index contributed by atoms with van der Waals surface area (Å²) >= 11 is 6.28. The summed E-state index contributed by atoms with van der Waals surface area (Å²) in [7, 11) is -2.63. The molecule has 0 aliphatic rings. The number of nitrogens with one attached hydrogen (secondary N) is 1. The minimum atomic E-state index is -4.19. The van der Waals surface area contributed by atoms with Crippen LogP contribution in [0.25, 0.3) is 0 Å². The minimum absolute atomic E-state index is 0.0375. The standard InChI is InChI=1S/C31H38ClN3O5S/c1-21-8-16-27(17-9-21)41(38,39)35(28-18-25(32)13-10-22(28)2)20-29(36)34(23(3)30(37)33-31(4,5)6)19-24-11-14-26(40-7)15-12-24/h8-18,23H,19-20H2,1-7H3,(H,33,37)/t23-/m1/s1. The lowest BCUT2D eigenvalue weighted by atomic mass is 10.1. The van der Waals surface area contributed by atoms with Gasteiger partial charge in [-0.15, -0.1) is 0 Å². The van der Waals surface area contributed by atoms with Crippen molar-refractivity contribution in [2.75, 3.05) is 18.0 Å². The van der Waals surface area contributed by atoms with Crippen molar-refractivity contribution < 1.29 is 22.7 Å². The summed E-state index contributed by atoms with van der Waals surface area (Å²) in [6, 6.07) is 17.6. The molecule has 220 valence electrons. The van der Waals surface area contributed by atoms with E-state index < -0.39 is 34.1 Å². The smallest absolute Gasteiger partial charge is 0.264 e. The number of carbonyl (C=O) groups is 2. The molecule has 2 amide bonds. The summed E-state index contributed by atoms with van der Waals surface area (Å²) < 4.78 is 34.3. The van der Waals surface area contributed by atoms with Gasteiger partial charge in [0.2, 0.25) is 11.8 Å². The van der Waals surface area contributed by atoms with Gasteiger partial charge in [-0.2, -0.15) is 0 Å². The fourth-order valence-corrected chi connectivity index (χ4v) is 5.82. The summed E-state index contributed by atoms with van der Waals surface area (Å²) in [5.74, 6) is -0.254. The maximum Gasteiger partial charge on any atom is 0.264 e. The fraction of sp³-hybridized carbons (Fsp3) is 0.355. The Morgan fingerprint density at radius 2 is 1.59 bits per heavy atom. The second-order valence-corrected chi connectivity index (χ2v) is 13.3. The van der Waals surface area contributed by atoms with E-state index in [1.807, 2.05) is 27.7 Å². The molecule has 1 N–H and O–H groups in total. The predicted octanol–water partition coefficient (Wildman–Crippen LogP) is 5.49. The molecule has 8 nitrogen and oxygen atoms in total. The SMILES string of the molecule is COc1ccc(CN(C(=O)CN(c2cc(Cl)ccc2C)S(=O)(=O)c2ccc(C)cc2)[C@H](C)C(=O)NC(C)(C)C)cc1. The molecule has 0 aromatic heterocycles. The van der Waals surface area contributed by atoms with Gasteiger partial charge in [0.1, 0.15) is 18.3 Å². The van der Waals surface area contributed by atoms with Gasteiger partial charge in [0.25, 0.3) is 10.0 Å². The molecule has 0 aliphatic heterocycles. The van der Waals surface area contributed by atoms with Gasteiger partial charge >= 0.3 is 0 Å². The number of ether oxygens (including phenoxy) is 1. The normalized spacial score (nSPS) is 12.4. The van der Waals surface area contributed by atoms with Crippen LogP contribution in [0.5, 0.6) is 5.75 Å². The molecule has 0 unspecified atom stereocenters. The van der Waals surface area contributed by atoms with Gasteiger partial charge in [0.05, 0.1) is 17.7 Å². The summed E-state index contributed by atoms with van der Waals surface area (Å²) in [4.78, 5) is 28.7. The largest absolute Gasteiger partial charge is 0.497 e. The number of aryl methyl sites for hydroxylation is 2. The lowest BCUT2D eigenvalue weighted by molar-refractivity contribution is -0.140. The first-order chi connectivity index (χ1) is 19.1. The molecule has 0 bridgehead atoms. The third-order valence-corrected chi connectivity index (χ3v) is 8.51. The van der Waals surface area contributed by atoms with E-state index in [0.717, 1.165) is 15.4 Å². The van der Waals surface area contributed by atoms with Gasteiger partial charge in [-0.1, -0.05) is 47.5 Å². The van der Waals surface area contributed by atoms with Gasteiger partial charge in [-0.25, -0.2) is 8.42 Å². The van der Waals surface area contributed by atoms with Crippen molar-refractivity contribution in [3.05, 3.63) is 88.4 Å². The number of methoxy groups -OCH3 is 1. The van der Waals surface area contributed by atoms with E-state index in [9.17, 15) is 18.0 Å². The van der Waals surface area contributed by atoms with Crippen LogP contribution in [-0.4, -0.2) is 50.4 Å². The highest BCUT2D eigenvalue weighted by atomic mass is 35.5. The minimum Gasteiger partial charge on any atom is -0.497 e. The average Bonchev–Trinajstić information content (AvgIpc) is 2.91. The molecule has 3 aromatic carbocycles. The number of halogens is 1. The highest BCUT2D eigenvalue weighted by molar-refractivity contribution is 7.92. The molecule has 0 fully saturated rings. The van der Waals surface area contributed by atoms with Crippen LogP contribution in [0.1, 0.15) is 44.4 Å². The van der Waals surface area contributed by atoms with Crippen molar-refractivity contribution >= 4 is 39.1 Å².